The van der Waals surface area contributed by atoms with Gasteiger partial charge in [-0.3, -0.25) is 0 Å². The minimum absolute atomic E-state index is 0.0463. The molecule has 3 aromatic carbocycles. The first-order valence-electron chi connectivity index (χ1n) is 12.0. The van der Waals surface area contributed by atoms with Gasteiger partial charge < -0.3 is 29.3 Å². The summed E-state index contributed by atoms with van der Waals surface area (Å²) in [4.78, 5) is 20.5. The number of amides is 2. The molecule has 2 amide bonds. The summed E-state index contributed by atoms with van der Waals surface area (Å²) in [7, 11) is 4.58. The van der Waals surface area contributed by atoms with E-state index in [9.17, 15) is 18.0 Å². The number of benzene rings is 3. The maximum Gasteiger partial charge on any atom is 0.416 e. The lowest BCUT2D eigenvalue weighted by molar-refractivity contribution is -0.137. The third-order valence-corrected chi connectivity index (χ3v) is 6.16. The maximum absolute atomic E-state index is 13.4. The van der Waals surface area contributed by atoms with Gasteiger partial charge in [0.2, 0.25) is 0 Å². The molecule has 4 rings (SSSR count). The molecule has 0 spiro atoms. The molecule has 0 radical (unpaired) electrons. The van der Waals surface area contributed by atoms with Gasteiger partial charge in [-0.1, -0.05) is 29.4 Å². The van der Waals surface area contributed by atoms with Crippen molar-refractivity contribution in [1.29, 1.82) is 0 Å². The van der Waals surface area contributed by atoms with E-state index in [-0.39, 0.29) is 13.1 Å². The number of ether oxygens (including phenoxy) is 3. The van der Waals surface area contributed by atoms with Crippen molar-refractivity contribution < 1.29 is 37.0 Å². The number of carbonyl (C=O) groups excluding carboxylic acids is 1. The fraction of sp³-hybridized carbons (Fsp3) is 0.286. The average Bonchev–Trinajstić information content (AvgIpc) is 3.41. The molecule has 0 unspecified atom stereocenters. The van der Waals surface area contributed by atoms with Crippen LogP contribution in [-0.4, -0.2) is 50.6 Å². The number of carbonyl (C=O) groups is 1. The van der Waals surface area contributed by atoms with Crippen LogP contribution in [0.1, 0.15) is 23.1 Å². The van der Waals surface area contributed by atoms with E-state index in [0.717, 1.165) is 17.7 Å². The Kier molecular flexibility index (Phi) is 8.48. The molecule has 0 aliphatic carbocycles. The minimum atomic E-state index is -4.45. The molecular weight excluding hydrogens is 515 g/mol. The number of anilines is 1. The van der Waals surface area contributed by atoms with Crippen LogP contribution < -0.4 is 19.5 Å². The third-order valence-electron chi connectivity index (χ3n) is 6.16. The number of nitrogens with one attached hydrogen (secondary N) is 1. The van der Waals surface area contributed by atoms with E-state index < -0.39 is 23.9 Å². The first-order valence-corrected chi connectivity index (χ1v) is 12.0. The number of hydrogen-bond acceptors (Lipinski definition) is 6. The van der Waals surface area contributed by atoms with Crippen LogP contribution in [0.3, 0.4) is 0 Å². The lowest BCUT2D eigenvalue weighted by Gasteiger charge is -2.26. The van der Waals surface area contributed by atoms with Crippen molar-refractivity contribution in [3.8, 4) is 17.2 Å². The second-order valence-electron chi connectivity index (χ2n) is 8.74. The number of para-hydroxylation sites is 2. The second kappa shape index (κ2) is 12.0. The number of halogens is 3. The molecule has 206 valence electrons. The van der Waals surface area contributed by atoms with Gasteiger partial charge in [0.1, 0.15) is 5.75 Å². The van der Waals surface area contributed by atoms with Gasteiger partial charge in [0.05, 0.1) is 44.8 Å². The molecule has 1 aliphatic heterocycles. The van der Waals surface area contributed by atoms with Crippen LogP contribution in [-0.2, 0) is 17.6 Å². The molecule has 0 bridgehead atoms. The van der Waals surface area contributed by atoms with E-state index in [1.165, 1.54) is 31.3 Å². The van der Waals surface area contributed by atoms with Gasteiger partial charge >= 0.3 is 12.2 Å². The zero-order valence-electron chi connectivity index (χ0n) is 21.6. The Labute approximate surface area is 223 Å². The van der Waals surface area contributed by atoms with Crippen molar-refractivity contribution in [2.24, 2.45) is 5.16 Å². The molecule has 0 fully saturated rings. The van der Waals surface area contributed by atoms with Crippen LogP contribution in [0, 0.1) is 0 Å². The molecule has 39 heavy (non-hydrogen) atoms. The molecule has 8 nitrogen and oxygen atoms in total. The van der Waals surface area contributed by atoms with Crippen molar-refractivity contribution in [1.82, 2.24) is 4.90 Å². The molecule has 0 saturated heterocycles. The van der Waals surface area contributed by atoms with E-state index in [1.807, 2.05) is 6.07 Å². The fourth-order valence-electron chi connectivity index (χ4n) is 4.14. The highest BCUT2D eigenvalue weighted by Gasteiger charge is 2.31. The van der Waals surface area contributed by atoms with E-state index >= 15 is 0 Å². The van der Waals surface area contributed by atoms with Crippen molar-refractivity contribution >= 4 is 17.4 Å². The smallest absolute Gasteiger partial charge is 0.416 e. The molecule has 11 heteroatoms. The second-order valence-corrected chi connectivity index (χ2v) is 8.74. The van der Waals surface area contributed by atoms with Gasteiger partial charge in [0, 0.05) is 18.5 Å². The summed E-state index contributed by atoms with van der Waals surface area (Å²) in [5, 5.41) is 7.03. The topological polar surface area (TPSA) is 81.6 Å². The summed E-state index contributed by atoms with van der Waals surface area (Å²) >= 11 is 0. The quantitative estimate of drug-likeness (QED) is 0.360. The van der Waals surface area contributed by atoms with Crippen molar-refractivity contribution in [2.75, 3.05) is 33.2 Å². The van der Waals surface area contributed by atoms with Crippen LogP contribution >= 0.6 is 0 Å². The summed E-state index contributed by atoms with van der Waals surface area (Å²) in [6.45, 7) is 0.174. The summed E-state index contributed by atoms with van der Waals surface area (Å²) in [5.41, 5.74) is 1.67. The van der Waals surface area contributed by atoms with Gasteiger partial charge in [-0.25, -0.2) is 4.79 Å². The highest BCUT2D eigenvalue weighted by Crippen LogP contribution is 2.31. The average molecular weight is 544 g/mol. The first kappa shape index (κ1) is 27.6. The van der Waals surface area contributed by atoms with Crippen LogP contribution in [0.5, 0.6) is 17.2 Å². The van der Waals surface area contributed by atoms with Crippen LogP contribution in [0.15, 0.2) is 71.9 Å². The molecule has 0 aromatic heterocycles. The van der Waals surface area contributed by atoms with Gasteiger partial charge in [-0.05, 0) is 48.0 Å². The highest BCUT2D eigenvalue weighted by molar-refractivity contribution is 6.01. The van der Waals surface area contributed by atoms with Crippen molar-refractivity contribution in [3.05, 3.63) is 83.4 Å². The lowest BCUT2D eigenvalue weighted by Crippen LogP contribution is -2.40. The third kappa shape index (κ3) is 6.73. The standard InChI is InChI=1S/C28H28F3N3O5/c1-36-24-7-5-4-6-22(24)32-27(35)34(16-18-8-11-20(12-9-18)28(29,30)31)17-21-15-23(33-39-21)19-10-13-25(37-2)26(14-19)38-3/h4-14,21H,15-17H2,1-3H3,(H,32,35)/t21-/m0/s1. The summed E-state index contributed by atoms with van der Waals surface area (Å²) in [5.74, 6) is 1.59. The first-order chi connectivity index (χ1) is 18.7. The molecule has 1 aliphatic rings. The molecule has 1 heterocycles. The molecule has 1 atom stereocenters. The number of hydrogen-bond donors (Lipinski definition) is 1. The largest absolute Gasteiger partial charge is 0.495 e. The number of oxime groups is 1. The van der Waals surface area contributed by atoms with Crippen LogP contribution in [0.25, 0.3) is 0 Å². The van der Waals surface area contributed by atoms with Gasteiger partial charge in [-0.15, -0.1) is 0 Å². The van der Waals surface area contributed by atoms with Crippen molar-refractivity contribution in [2.45, 2.75) is 25.2 Å². The lowest BCUT2D eigenvalue weighted by atomic mass is 10.0. The molecule has 3 aromatic rings. The van der Waals surface area contributed by atoms with Crippen LogP contribution in [0.4, 0.5) is 23.7 Å². The predicted octanol–water partition coefficient (Wildman–Crippen LogP) is 5.96. The summed E-state index contributed by atoms with van der Waals surface area (Å²) in [6, 6.07) is 16.5. The van der Waals surface area contributed by atoms with Crippen molar-refractivity contribution in [3.63, 3.8) is 0 Å². The Morgan fingerprint density at radius 3 is 2.33 bits per heavy atom. The number of alkyl halides is 3. The normalized spacial score (nSPS) is 14.7. The number of rotatable bonds is 9. The van der Waals surface area contributed by atoms with Gasteiger partial charge in [0.15, 0.2) is 17.6 Å². The SMILES string of the molecule is COc1ccccc1NC(=O)N(Cc1ccc(C(F)(F)F)cc1)C[C@@H]1CC(c2ccc(OC)c(OC)c2)=NO1. The maximum atomic E-state index is 13.4. The van der Waals surface area contributed by atoms with E-state index in [1.54, 1.807) is 43.5 Å². The number of urea groups is 1. The Balaban J connectivity index is 1.51. The zero-order chi connectivity index (χ0) is 28.0. The Bertz CT molecular complexity index is 1330. The van der Waals surface area contributed by atoms with Gasteiger partial charge in [0.25, 0.3) is 0 Å². The Morgan fingerprint density at radius 2 is 1.67 bits per heavy atom. The van der Waals surface area contributed by atoms with E-state index in [4.69, 9.17) is 19.0 Å². The fourth-order valence-corrected chi connectivity index (χ4v) is 4.14. The highest BCUT2D eigenvalue weighted by atomic mass is 19.4. The number of nitrogens with zero attached hydrogens (tertiary/aromatic N) is 2. The van der Waals surface area contributed by atoms with Gasteiger partial charge in [-0.2, -0.15) is 13.2 Å². The summed E-state index contributed by atoms with van der Waals surface area (Å²) in [6.07, 6.45) is -4.53. The summed E-state index contributed by atoms with van der Waals surface area (Å²) < 4.78 is 55.1. The zero-order valence-corrected chi connectivity index (χ0v) is 21.6. The van der Waals surface area contributed by atoms with Crippen LogP contribution in [0.2, 0.25) is 0 Å². The predicted molar refractivity (Wildman–Crippen MR) is 139 cm³/mol. The number of methoxy groups -OCH3 is 3. The monoisotopic (exact) mass is 543 g/mol. The van der Waals surface area contributed by atoms with E-state index in [2.05, 4.69) is 10.5 Å². The minimum Gasteiger partial charge on any atom is -0.495 e. The molecular formula is C28H28F3N3O5. The Morgan fingerprint density at radius 1 is 0.974 bits per heavy atom. The molecule has 0 saturated carbocycles. The Hall–Kier alpha value is -4.41. The van der Waals surface area contributed by atoms with E-state index in [0.29, 0.717) is 40.6 Å². The molecule has 1 N–H and O–H groups in total.